The van der Waals surface area contributed by atoms with E-state index in [4.69, 9.17) is 4.74 Å². The Kier molecular flexibility index (Phi) is 5.26. The summed E-state index contributed by atoms with van der Waals surface area (Å²) in [4.78, 5) is 25.6. The van der Waals surface area contributed by atoms with Crippen molar-refractivity contribution in [2.24, 2.45) is 0 Å². The molecule has 1 aliphatic rings. The van der Waals surface area contributed by atoms with E-state index in [1.807, 2.05) is 0 Å². The molecule has 1 aliphatic carbocycles. The molecule has 7 nitrogen and oxygen atoms in total. The minimum absolute atomic E-state index is 0.0339. The number of rotatable bonds is 6. The summed E-state index contributed by atoms with van der Waals surface area (Å²) in [6.45, 7) is 0.158. The zero-order valence-electron chi connectivity index (χ0n) is 16.6. The second kappa shape index (κ2) is 7.90. The van der Waals surface area contributed by atoms with Crippen LogP contribution in [-0.2, 0) is 6.42 Å². The van der Waals surface area contributed by atoms with Crippen molar-refractivity contribution in [1.29, 1.82) is 0 Å². The van der Waals surface area contributed by atoms with Crippen LogP contribution in [0, 0.1) is 11.6 Å². The lowest BCUT2D eigenvalue weighted by molar-refractivity contribution is 0.0952. The third-order valence-electron chi connectivity index (χ3n) is 5.29. The number of benzene rings is 2. The first-order chi connectivity index (χ1) is 14.8. The molecule has 1 saturated carbocycles. The molecular formula is C22H20F2N2O5. The number of phenols is 2. The quantitative estimate of drug-likeness (QED) is 0.522. The average Bonchev–Trinajstić information content (AvgIpc) is 3.58. The van der Waals surface area contributed by atoms with Gasteiger partial charge in [-0.3, -0.25) is 9.59 Å². The Bertz CT molecular complexity index is 1250. The summed E-state index contributed by atoms with van der Waals surface area (Å²) >= 11 is 0. The summed E-state index contributed by atoms with van der Waals surface area (Å²) in [5.41, 5.74) is -0.0957. The third kappa shape index (κ3) is 3.78. The number of carbonyl (C=O) groups excluding carboxylic acids is 1. The molecule has 31 heavy (non-hydrogen) atoms. The molecule has 2 aromatic carbocycles. The number of hydrogen-bond acceptors (Lipinski definition) is 5. The van der Waals surface area contributed by atoms with Crippen molar-refractivity contribution in [1.82, 2.24) is 9.88 Å². The van der Waals surface area contributed by atoms with Crippen molar-refractivity contribution in [2.45, 2.75) is 25.3 Å². The number of nitrogens with one attached hydrogen (secondary N) is 1. The molecule has 0 unspecified atom stereocenters. The summed E-state index contributed by atoms with van der Waals surface area (Å²) in [5.74, 6) is -3.93. The standard InChI is InChI=1S/C22H20F2N2O5/c1-31-21-18(24)15(23)9-13-19(21)26(12-3-4-12)10-14(20(13)29)22(30)25-7-6-11-2-5-16(27)17(28)8-11/h2,5,8-10,12,27-28H,3-4,6-7H2,1H3,(H,25,30). The zero-order chi connectivity index (χ0) is 22.3. The maximum Gasteiger partial charge on any atom is 0.256 e. The number of ether oxygens (including phenoxy) is 1. The predicted octanol–water partition coefficient (Wildman–Crippen LogP) is 3.01. The Balaban J connectivity index is 1.66. The second-order valence-electron chi connectivity index (χ2n) is 7.44. The molecular weight excluding hydrogens is 410 g/mol. The highest BCUT2D eigenvalue weighted by molar-refractivity contribution is 5.98. The van der Waals surface area contributed by atoms with Crippen LogP contribution in [-0.4, -0.2) is 34.3 Å². The minimum atomic E-state index is -1.23. The van der Waals surface area contributed by atoms with Gasteiger partial charge in [0, 0.05) is 18.8 Å². The average molecular weight is 430 g/mol. The number of methoxy groups -OCH3 is 1. The van der Waals surface area contributed by atoms with E-state index in [0.717, 1.165) is 18.9 Å². The molecule has 0 radical (unpaired) electrons. The van der Waals surface area contributed by atoms with Crippen LogP contribution in [0.2, 0.25) is 0 Å². The topological polar surface area (TPSA) is 101 Å². The van der Waals surface area contributed by atoms with E-state index >= 15 is 0 Å². The second-order valence-corrected chi connectivity index (χ2v) is 7.44. The van der Waals surface area contributed by atoms with Gasteiger partial charge in [-0.25, -0.2) is 4.39 Å². The van der Waals surface area contributed by atoms with Gasteiger partial charge in [-0.15, -0.1) is 0 Å². The first-order valence-electron chi connectivity index (χ1n) is 9.71. The van der Waals surface area contributed by atoms with Crippen LogP contribution in [0.4, 0.5) is 8.78 Å². The van der Waals surface area contributed by atoms with E-state index in [1.54, 1.807) is 10.6 Å². The zero-order valence-corrected chi connectivity index (χ0v) is 16.6. The summed E-state index contributed by atoms with van der Waals surface area (Å²) in [5, 5.41) is 21.4. The molecule has 0 atom stereocenters. The summed E-state index contributed by atoms with van der Waals surface area (Å²) in [6, 6.07) is 5.07. The lowest BCUT2D eigenvalue weighted by Gasteiger charge is -2.16. The number of nitrogens with zero attached hydrogens (tertiary/aromatic N) is 1. The first-order valence-corrected chi connectivity index (χ1v) is 9.71. The molecule has 3 aromatic rings. The number of amides is 1. The van der Waals surface area contributed by atoms with Crippen molar-refractivity contribution in [2.75, 3.05) is 13.7 Å². The van der Waals surface area contributed by atoms with Gasteiger partial charge in [0.25, 0.3) is 5.91 Å². The highest BCUT2D eigenvalue weighted by Crippen LogP contribution is 2.40. The molecule has 0 spiro atoms. The Morgan fingerprint density at radius 2 is 1.97 bits per heavy atom. The van der Waals surface area contributed by atoms with Crippen LogP contribution in [0.15, 0.2) is 35.3 Å². The molecule has 1 amide bonds. The van der Waals surface area contributed by atoms with E-state index < -0.39 is 23.0 Å². The highest BCUT2D eigenvalue weighted by atomic mass is 19.2. The minimum Gasteiger partial charge on any atom is -0.504 e. The molecule has 1 fully saturated rings. The lowest BCUT2D eigenvalue weighted by Crippen LogP contribution is -2.31. The lowest BCUT2D eigenvalue weighted by atomic mass is 10.1. The molecule has 0 aliphatic heterocycles. The third-order valence-corrected chi connectivity index (χ3v) is 5.29. The fraction of sp³-hybridized carbons (Fsp3) is 0.273. The first kappa shape index (κ1) is 20.6. The van der Waals surface area contributed by atoms with Gasteiger partial charge in [0.2, 0.25) is 11.2 Å². The van der Waals surface area contributed by atoms with E-state index in [-0.39, 0.29) is 46.3 Å². The fourth-order valence-electron chi connectivity index (χ4n) is 3.56. The van der Waals surface area contributed by atoms with Crippen molar-refractivity contribution in [3.05, 3.63) is 63.4 Å². The van der Waals surface area contributed by atoms with Crippen LogP contribution in [0.3, 0.4) is 0 Å². The smallest absolute Gasteiger partial charge is 0.256 e. The molecule has 3 N–H and O–H groups in total. The molecule has 162 valence electrons. The van der Waals surface area contributed by atoms with Crippen molar-refractivity contribution >= 4 is 16.8 Å². The Morgan fingerprint density at radius 3 is 2.61 bits per heavy atom. The van der Waals surface area contributed by atoms with Gasteiger partial charge in [0.05, 0.1) is 18.0 Å². The molecule has 0 saturated heterocycles. The normalized spacial score (nSPS) is 13.4. The summed E-state index contributed by atoms with van der Waals surface area (Å²) < 4.78 is 34.9. The van der Waals surface area contributed by atoms with E-state index in [1.165, 1.54) is 25.4 Å². The largest absolute Gasteiger partial charge is 0.504 e. The molecule has 4 rings (SSSR count). The van der Waals surface area contributed by atoms with Crippen molar-refractivity contribution < 1.29 is 28.5 Å². The number of aromatic hydroxyl groups is 2. The van der Waals surface area contributed by atoms with Crippen LogP contribution in [0.25, 0.3) is 10.9 Å². The van der Waals surface area contributed by atoms with Gasteiger partial charge in [0.1, 0.15) is 5.56 Å². The highest BCUT2D eigenvalue weighted by Gasteiger charge is 2.30. The van der Waals surface area contributed by atoms with Gasteiger partial charge in [0.15, 0.2) is 23.1 Å². The molecule has 1 heterocycles. The van der Waals surface area contributed by atoms with Gasteiger partial charge >= 0.3 is 0 Å². The number of carbonyl (C=O) groups is 1. The SMILES string of the molecule is COc1c(F)c(F)cc2c(=O)c(C(=O)NCCc3ccc(O)c(O)c3)cn(C3CC3)c12. The number of aromatic nitrogens is 1. The summed E-state index contributed by atoms with van der Waals surface area (Å²) in [7, 11) is 1.20. The fourth-order valence-corrected chi connectivity index (χ4v) is 3.56. The van der Waals surface area contributed by atoms with Gasteiger partial charge < -0.3 is 24.8 Å². The van der Waals surface area contributed by atoms with Gasteiger partial charge in [-0.05, 0) is 43.0 Å². The van der Waals surface area contributed by atoms with E-state index in [0.29, 0.717) is 12.0 Å². The molecule has 9 heteroatoms. The number of phenolic OH excluding ortho intramolecular Hbond substituents is 2. The Morgan fingerprint density at radius 1 is 1.23 bits per heavy atom. The monoisotopic (exact) mass is 430 g/mol. The summed E-state index contributed by atoms with van der Waals surface area (Å²) in [6.07, 6.45) is 3.28. The Labute approximate surface area is 175 Å². The van der Waals surface area contributed by atoms with E-state index in [9.17, 15) is 28.6 Å². The Hall–Kier alpha value is -3.62. The van der Waals surface area contributed by atoms with Gasteiger partial charge in [-0.2, -0.15) is 4.39 Å². The number of halogens is 2. The maximum absolute atomic E-state index is 14.2. The van der Waals surface area contributed by atoms with Crippen molar-refractivity contribution in [3.8, 4) is 17.2 Å². The van der Waals surface area contributed by atoms with Gasteiger partial charge in [-0.1, -0.05) is 6.07 Å². The van der Waals surface area contributed by atoms with Crippen LogP contribution < -0.4 is 15.5 Å². The van der Waals surface area contributed by atoms with Crippen molar-refractivity contribution in [3.63, 3.8) is 0 Å². The number of pyridine rings is 1. The molecule has 0 bridgehead atoms. The molecule has 1 aromatic heterocycles. The maximum atomic E-state index is 14.2. The van der Waals surface area contributed by atoms with Crippen LogP contribution in [0.1, 0.15) is 34.8 Å². The van der Waals surface area contributed by atoms with E-state index in [2.05, 4.69) is 5.32 Å². The number of hydrogen-bond donors (Lipinski definition) is 3. The predicted molar refractivity (Wildman–Crippen MR) is 109 cm³/mol. The number of fused-ring (bicyclic) bond motifs is 1. The van der Waals surface area contributed by atoms with Crippen LogP contribution >= 0.6 is 0 Å². The van der Waals surface area contributed by atoms with Crippen LogP contribution in [0.5, 0.6) is 17.2 Å².